The molecule has 2 aliphatic heterocycles. The Kier molecular flexibility index (Phi) is 4.75. The van der Waals surface area contributed by atoms with Crippen molar-refractivity contribution in [2.45, 2.75) is 30.3 Å². The molecule has 136 valence electrons. The predicted octanol–water partition coefficient (Wildman–Crippen LogP) is 4.77. The minimum absolute atomic E-state index is 0.0186. The molecule has 1 amide bonds. The zero-order valence-corrected chi connectivity index (χ0v) is 16.4. The van der Waals surface area contributed by atoms with Crippen LogP contribution in [0.4, 0.5) is 0 Å². The number of nitrogens with one attached hydrogen (secondary N) is 1. The quantitative estimate of drug-likeness (QED) is 0.753. The van der Waals surface area contributed by atoms with E-state index >= 15 is 0 Å². The van der Waals surface area contributed by atoms with Crippen LogP contribution < -0.4 is 0 Å². The van der Waals surface area contributed by atoms with Crippen LogP contribution in [0.3, 0.4) is 0 Å². The number of furan rings is 1. The van der Waals surface area contributed by atoms with E-state index in [1.165, 1.54) is 34.1 Å². The van der Waals surface area contributed by atoms with Gasteiger partial charge in [0.1, 0.15) is 10.8 Å². The number of thioether (sulfide) groups is 1. The van der Waals surface area contributed by atoms with Crippen LogP contribution in [0.5, 0.6) is 0 Å². The number of amides is 1. The van der Waals surface area contributed by atoms with Crippen molar-refractivity contribution in [3.63, 3.8) is 0 Å². The van der Waals surface area contributed by atoms with Crippen molar-refractivity contribution < 1.29 is 9.21 Å². The van der Waals surface area contributed by atoms with E-state index < -0.39 is 5.91 Å². The molecule has 0 fully saturated rings. The van der Waals surface area contributed by atoms with E-state index in [1.807, 2.05) is 44.2 Å². The van der Waals surface area contributed by atoms with Gasteiger partial charge >= 0.3 is 0 Å². The highest BCUT2D eigenvalue weighted by molar-refractivity contribution is 8.26. The highest BCUT2D eigenvalue weighted by atomic mass is 32.2. The van der Waals surface area contributed by atoms with E-state index in [0.717, 1.165) is 16.4 Å². The molecule has 0 radical (unpaired) electrons. The first-order valence-electron chi connectivity index (χ1n) is 8.37. The van der Waals surface area contributed by atoms with Crippen molar-refractivity contribution in [1.82, 2.24) is 5.01 Å². The van der Waals surface area contributed by atoms with Crippen molar-refractivity contribution in [1.29, 1.82) is 5.41 Å². The molecular weight excluding hydrogens is 380 g/mol. The van der Waals surface area contributed by atoms with Gasteiger partial charge in [0.05, 0.1) is 5.57 Å². The van der Waals surface area contributed by atoms with Crippen LogP contribution in [0.2, 0.25) is 0 Å². The Bertz CT molecular complexity index is 1020. The Morgan fingerprint density at radius 1 is 1.26 bits per heavy atom. The molecule has 0 atom stereocenters. The second-order valence-corrected chi connectivity index (χ2v) is 8.06. The molecule has 3 heterocycles. The fourth-order valence-electron chi connectivity index (χ4n) is 2.51. The number of benzene rings is 1. The van der Waals surface area contributed by atoms with Crippen molar-refractivity contribution >= 4 is 51.6 Å². The maximum atomic E-state index is 12.3. The molecule has 0 aliphatic carbocycles. The predicted molar refractivity (Wildman–Crippen MR) is 109 cm³/mol. The van der Waals surface area contributed by atoms with Gasteiger partial charge in [-0.3, -0.25) is 10.2 Å². The number of aryl methyl sites for hydroxylation is 1. The first kappa shape index (κ1) is 17.8. The van der Waals surface area contributed by atoms with Gasteiger partial charge in [-0.25, -0.2) is 0 Å². The smallest absolute Gasteiger partial charge is 0.283 e. The average molecular weight is 396 g/mol. The summed E-state index contributed by atoms with van der Waals surface area (Å²) < 4.78 is 5.80. The number of fused-ring (bicyclic) bond motifs is 1. The number of nitrogens with zero attached hydrogens (tertiary/aromatic N) is 3. The molecule has 0 spiro atoms. The second kappa shape index (κ2) is 7.21. The number of carbonyl (C=O) groups excluding carboxylic acids is 1. The molecule has 8 heteroatoms. The first-order valence-corrected chi connectivity index (χ1v) is 10.00. The van der Waals surface area contributed by atoms with Crippen LogP contribution in [0.25, 0.3) is 6.08 Å². The summed E-state index contributed by atoms with van der Waals surface area (Å²) in [5, 5.41) is 16.0. The van der Waals surface area contributed by atoms with E-state index in [1.54, 1.807) is 12.1 Å². The summed E-state index contributed by atoms with van der Waals surface area (Å²) in [5.74, 6) is 0.0726. The Morgan fingerprint density at radius 2 is 2.04 bits per heavy atom. The van der Waals surface area contributed by atoms with Gasteiger partial charge in [-0.05, 0) is 55.4 Å². The zero-order valence-electron chi connectivity index (χ0n) is 14.7. The topological polar surface area (TPSA) is 82.0 Å². The summed E-state index contributed by atoms with van der Waals surface area (Å²) in [6, 6.07) is 11.8. The number of carbonyl (C=O) groups is 1. The normalized spacial score (nSPS) is 18.0. The Balaban J connectivity index is 1.56. The summed E-state index contributed by atoms with van der Waals surface area (Å²) in [7, 11) is 0. The maximum Gasteiger partial charge on any atom is 0.283 e. The molecule has 0 saturated carbocycles. The fourth-order valence-corrected chi connectivity index (χ4v) is 4.11. The lowest BCUT2D eigenvalue weighted by Gasteiger charge is -2.19. The third-order valence-corrected chi connectivity index (χ3v) is 5.91. The third-order valence-electron chi connectivity index (χ3n) is 3.93. The number of hydrogen-bond donors (Lipinski definition) is 1. The number of rotatable bonds is 4. The fraction of sp³-hybridized carbons (Fsp3) is 0.158. The van der Waals surface area contributed by atoms with Crippen LogP contribution in [0.15, 0.2) is 66.5 Å². The van der Waals surface area contributed by atoms with Gasteiger partial charge in [0.2, 0.25) is 5.17 Å². The molecule has 2 aliphatic rings. The molecule has 2 aromatic rings. The molecule has 0 unspecified atom stereocenters. The summed E-state index contributed by atoms with van der Waals surface area (Å²) in [5.41, 5.74) is 1.37. The largest absolute Gasteiger partial charge is 0.450 e. The van der Waals surface area contributed by atoms with Crippen molar-refractivity contribution in [3.8, 4) is 0 Å². The second-order valence-electron chi connectivity index (χ2n) is 5.94. The summed E-state index contributed by atoms with van der Waals surface area (Å²) >= 11 is 2.83. The SMILES string of the molecule is CCC1=NN2C(=N)C(=Cc3ccc(Sc4ccc(C)cc4)o3)C(=O)N=C2S1. The number of aliphatic imine (C=N–C) groups is 1. The molecule has 6 nitrogen and oxygen atoms in total. The lowest BCUT2D eigenvalue weighted by atomic mass is 10.1. The zero-order chi connectivity index (χ0) is 19.0. The lowest BCUT2D eigenvalue weighted by Crippen LogP contribution is -2.35. The first-order chi connectivity index (χ1) is 13.0. The maximum absolute atomic E-state index is 12.3. The van der Waals surface area contributed by atoms with Gasteiger partial charge in [0.25, 0.3) is 5.91 Å². The Labute approximate surface area is 164 Å². The van der Waals surface area contributed by atoms with Gasteiger partial charge in [-0.15, -0.1) is 0 Å². The van der Waals surface area contributed by atoms with E-state index in [-0.39, 0.29) is 11.4 Å². The molecule has 4 rings (SSSR count). The number of amidine groups is 2. The molecule has 1 aromatic carbocycles. The van der Waals surface area contributed by atoms with Crippen LogP contribution in [0, 0.1) is 12.3 Å². The minimum Gasteiger partial charge on any atom is -0.450 e. The van der Waals surface area contributed by atoms with Gasteiger partial charge in [0.15, 0.2) is 10.9 Å². The molecule has 27 heavy (non-hydrogen) atoms. The lowest BCUT2D eigenvalue weighted by molar-refractivity contribution is -0.114. The van der Waals surface area contributed by atoms with Crippen LogP contribution in [0.1, 0.15) is 24.7 Å². The molecule has 1 N–H and O–H groups in total. The van der Waals surface area contributed by atoms with Crippen molar-refractivity contribution in [2.24, 2.45) is 10.1 Å². The highest BCUT2D eigenvalue weighted by Gasteiger charge is 2.35. The van der Waals surface area contributed by atoms with Crippen molar-refractivity contribution in [2.75, 3.05) is 0 Å². The van der Waals surface area contributed by atoms with Crippen LogP contribution in [-0.4, -0.2) is 27.0 Å². The van der Waals surface area contributed by atoms with E-state index in [9.17, 15) is 4.79 Å². The highest BCUT2D eigenvalue weighted by Crippen LogP contribution is 2.32. The van der Waals surface area contributed by atoms with E-state index in [0.29, 0.717) is 16.0 Å². The minimum atomic E-state index is -0.449. The van der Waals surface area contributed by atoms with Gasteiger partial charge in [-0.2, -0.15) is 15.1 Å². The summed E-state index contributed by atoms with van der Waals surface area (Å²) in [4.78, 5) is 17.5. The molecule has 0 bridgehead atoms. The number of hydrazone groups is 1. The van der Waals surface area contributed by atoms with Crippen LogP contribution >= 0.6 is 23.5 Å². The standard InChI is InChI=1S/C19H16N4O2S2/c1-3-15-22-23-17(20)14(18(24)21-19(23)27-15)10-12-6-9-16(25-12)26-13-7-4-11(2)5-8-13/h4-10,20H,3H2,1-2H3. The Morgan fingerprint density at radius 3 is 2.78 bits per heavy atom. The van der Waals surface area contributed by atoms with Gasteiger partial charge < -0.3 is 4.42 Å². The van der Waals surface area contributed by atoms with Gasteiger partial charge in [-0.1, -0.05) is 36.4 Å². The summed E-state index contributed by atoms with van der Waals surface area (Å²) in [6.07, 6.45) is 2.28. The average Bonchev–Trinajstić information content (AvgIpc) is 3.27. The third kappa shape index (κ3) is 3.63. The molecule has 0 saturated heterocycles. The monoisotopic (exact) mass is 396 g/mol. The number of hydrogen-bond acceptors (Lipinski definition) is 6. The van der Waals surface area contributed by atoms with E-state index in [2.05, 4.69) is 10.1 Å². The van der Waals surface area contributed by atoms with Gasteiger partial charge in [0, 0.05) is 4.90 Å². The molecular formula is C19H16N4O2S2. The van der Waals surface area contributed by atoms with E-state index in [4.69, 9.17) is 9.83 Å². The molecule has 1 aromatic heterocycles. The van der Waals surface area contributed by atoms with Crippen LogP contribution in [-0.2, 0) is 4.79 Å². The Hall–Kier alpha value is -2.58. The summed E-state index contributed by atoms with van der Waals surface area (Å²) in [6.45, 7) is 4.02. The van der Waals surface area contributed by atoms with Crippen molar-refractivity contribution in [3.05, 3.63) is 53.3 Å².